The molecule has 7 heteroatoms. The van der Waals surface area contributed by atoms with Crippen LogP contribution in [0.15, 0.2) is 0 Å². The number of esters is 1. The van der Waals surface area contributed by atoms with Crippen molar-refractivity contribution in [3.63, 3.8) is 0 Å². The lowest BCUT2D eigenvalue weighted by Gasteiger charge is -1.97. The van der Waals surface area contributed by atoms with E-state index in [0.29, 0.717) is 5.69 Å². The summed E-state index contributed by atoms with van der Waals surface area (Å²) in [5, 5.41) is 12.4. The van der Waals surface area contributed by atoms with Crippen LogP contribution in [0.25, 0.3) is 0 Å². The largest absolute Gasteiger partial charge is 0.480 e. The maximum atomic E-state index is 11.2. The van der Waals surface area contributed by atoms with Gasteiger partial charge in [-0.1, -0.05) is 11.6 Å². The van der Waals surface area contributed by atoms with Gasteiger partial charge in [-0.2, -0.15) is 5.10 Å². The molecular formula is C8H9ClN2O4. The van der Waals surface area contributed by atoms with Crippen molar-refractivity contribution in [2.45, 2.75) is 13.5 Å². The molecule has 0 aliphatic rings. The van der Waals surface area contributed by atoms with Gasteiger partial charge in [0, 0.05) is 0 Å². The van der Waals surface area contributed by atoms with Gasteiger partial charge in [0.05, 0.1) is 17.8 Å². The number of aromatic nitrogens is 2. The van der Waals surface area contributed by atoms with E-state index in [0.717, 1.165) is 4.68 Å². The number of carbonyl (C=O) groups is 2. The molecule has 0 aliphatic carbocycles. The van der Waals surface area contributed by atoms with Crippen LogP contribution in [0.2, 0.25) is 5.02 Å². The molecule has 1 heterocycles. The first kappa shape index (κ1) is 11.5. The van der Waals surface area contributed by atoms with Crippen molar-refractivity contribution in [3.05, 3.63) is 16.4 Å². The highest BCUT2D eigenvalue weighted by Gasteiger charge is 2.20. The molecule has 0 saturated carbocycles. The number of carbonyl (C=O) groups excluding carboxylic acids is 1. The first-order chi connectivity index (χ1) is 6.97. The van der Waals surface area contributed by atoms with Crippen LogP contribution in [-0.4, -0.2) is 33.9 Å². The number of hydrogen-bond acceptors (Lipinski definition) is 4. The van der Waals surface area contributed by atoms with Crippen LogP contribution in [0.4, 0.5) is 0 Å². The van der Waals surface area contributed by atoms with Gasteiger partial charge in [0.25, 0.3) is 0 Å². The van der Waals surface area contributed by atoms with Crippen molar-refractivity contribution < 1.29 is 19.4 Å². The molecule has 82 valence electrons. The zero-order valence-electron chi connectivity index (χ0n) is 8.15. The van der Waals surface area contributed by atoms with Gasteiger partial charge in [0.2, 0.25) is 0 Å². The number of rotatable bonds is 3. The van der Waals surface area contributed by atoms with Crippen molar-refractivity contribution in [1.82, 2.24) is 9.78 Å². The first-order valence-corrected chi connectivity index (χ1v) is 4.38. The van der Waals surface area contributed by atoms with Crippen molar-refractivity contribution in [1.29, 1.82) is 0 Å². The second-order valence-electron chi connectivity index (χ2n) is 2.79. The van der Waals surface area contributed by atoms with Crippen molar-refractivity contribution >= 4 is 23.5 Å². The summed E-state index contributed by atoms with van der Waals surface area (Å²) in [6.45, 7) is 1.23. The van der Waals surface area contributed by atoms with Crippen LogP contribution >= 0.6 is 11.6 Å². The average Bonchev–Trinajstić information content (AvgIpc) is 2.44. The van der Waals surface area contributed by atoms with E-state index in [1.54, 1.807) is 6.92 Å². The Labute approximate surface area is 90.4 Å². The predicted molar refractivity (Wildman–Crippen MR) is 50.9 cm³/mol. The topological polar surface area (TPSA) is 81.4 Å². The normalized spacial score (nSPS) is 10.1. The lowest BCUT2D eigenvalue weighted by molar-refractivity contribution is -0.137. The molecule has 0 atom stereocenters. The van der Waals surface area contributed by atoms with Crippen LogP contribution in [-0.2, 0) is 16.1 Å². The predicted octanol–water partition coefficient (Wildman–Crippen LogP) is 0.716. The molecule has 0 spiro atoms. The van der Waals surface area contributed by atoms with E-state index in [9.17, 15) is 9.59 Å². The third-order valence-corrected chi connectivity index (χ3v) is 2.25. The summed E-state index contributed by atoms with van der Waals surface area (Å²) in [5.74, 6) is -1.75. The number of hydrogen-bond donors (Lipinski definition) is 1. The first-order valence-electron chi connectivity index (χ1n) is 4.00. The number of ether oxygens (including phenoxy) is 1. The summed E-state index contributed by atoms with van der Waals surface area (Å²) < 4.78 is 5.58. The molecule has 1 aromatic heterocycles. The zero-order chi connectivity index (χ0) is 11.6. The Bertz CT molecular complexity index is 413. The van der Waals surface area contributed by atoms with Gasteiger partial charge < -0.3 is 9.84 Å². The van der Waals surface area contributed by atoms with E-state index < -0.39 is 11.9 Å². The molecule has 0 amide bonds. The highest BCUT2D eigenvalue weighted by atomic mass is 35.5. The summed E-state index contributed by atoms with van der Waals surface area (Å²) >= 11 is 5.79. The Balaban J connectivity index is 3.12. The van der Waals surface area contributed by atoms with Gasteiger partial charge in [-0.05, 0) is 6.92 Å². The summed E-state index contributed by atoms with van der Waals surface area (Å²) in [7, 11) is 1.20. The van der Waals surface area contributed by atoms with Crippen LogP contribution < -0.4 is 0 Å². The lowest BCUT2D eigenvalue weighted by atomic mass is 10.4. The minimum absolute atomic E-state index is 0.0714. The summed E-state index contributed by atoms with van der Waals surface area (Å²) in [5.41, 5.74) is 0.345. The van der Waals surface area contributed by atoms with E-state index in [1.165, 1.54) is 7.11 Å². The number of halogens is 1. The molecule has 1 rings (SSSR count). The molecule has 15 heavy (non-hydrogen) atoms. The van der Waals surface area contributed by atoms with Gasteiger partial charge in [-0.25, -0.2) is 4.79 Å². The molecular weight excluding hydrogens is 224 g/mol. The van der Waals surface area contributed by atoms with Crippen molar-refractivity contribution in [2.75, 3.05) is 7.11 Å². The highest BCUT2D eigenvalue weighted by molar-refractivity contribution is 6.33. The molecule has 0 unspecified atom stereocenters. The number of carboxylic acid groups (broad SMARTS) is 1. The highest BCUT2D eigenvalue weighted by Crippen LogP contribution is 2.20. The minimum atomic E-state index is -1.06. The third-order valence-electron chi connectivity index (χ3n) is 1.80. The van der Waals surface area contributed by atoms with E-state index in [4.69, 9.17) is 16.7 Å². The fraction of sp³-hybridized carbons (Fsp3) is 0.375. The second kappa shape index (κ2) is 4.31. The average molecular weight is 233 g/mol. The van der Waals surface area contributed by atoms with Crippen LogP contribution in [0, 0.1) is 6.92 Å². The maximum Gasteiger partial charge on any atom is 0.360 e. The SMILES string of the molecule is COC(=O)c1nn(CC(=O)O)c(C)c1Cl. The number of nitrogens with zero attached hydrogens (tertiary/aromatic N) is 2. The third kappa shape index (κ3) is 2.27. The van der Waals surface area contributed by atoms with Crippen LogP contribution in [0.3, 0.4) is 0 Å². The van der Waals surface area contributed by atoms with Gasteiger partial charge in [0.15, 0.2) is 5.69 Å². The second-order valence-corrected chi connectivity index (χ2v) is 3.17. The summed E-state index contributed by atoms with van der Waals surface area (Å²) in [6.07, 6.45) is 0. The number of carboxylic acids is 1. The molecule has 0 fully saturated rings. The molecule has 0 saturated heterocycles. The summed E-state index contributed by atoms with van der Waals surface area (Å²) in [4.78, 5) is 21.6. The quantitative estimate of drug-likeness (QED) is 0.777. The lowest BCUT2D eigenvalue weighted by Crippen LogP contribution is -2.12. The van der Waals surface area contributed by atoms with E-state index >= 15 is 0 Å². The standard InChI is InChI=1S/C8H9ClN2O4/c1-4-6(9)7(8(14)15-2)10-11(4)3-5(12)13/h3H2,1-2H3,(H,12,13). The molecule has 1 aromatic rings. The van der Waals surface area contributed by atoms with E-state index in [1.807, 2.05) is 0 Å². The molecule has 0 aliphatic heterocycles. The van der Waals surface area contributed by atoms with Crippen molar-refractivity contribution in [2.24, 2.45) is 0 Å². The van der Waals surface area contributed by atoms with E-state index in [-0.39, 0.29) is 17.3 Å². The Hall–Kier alpha value is -1.56. The zero-order valence-corrected chi connectivity index (χ0v) is 8.91. The molecule has 0 bridgehead atoms. The van der Waals surface area contributed by atoms with Gasteiger partial charge in [0.1, 0.15) is 6.54 Å². The van der Waals surface area contributed by atoms with Gasteiger partial charge in [-0.3, -0.25) is 9.48 Å². The molecule has 1 N–H and O–H groups in total. The smallest absolute Gasteiger partial charge is 0.360 e. The maximum absolute atomic E-state index is 11.2. The van der Waals surface area contributed by atoms with Crippen molar-refractivity contribution in [3.8, 4) is 0 Å². The Morgan fingerprint density at radius 3 is 2.67 bits per heavy atom. The Morgan fingerprint density at radius 2 is 2.20 bits per heavy atom. The van der Waals surface area contributed by atoms with E-state index in [2.05, 4.69) is 9.84 Å². The van der Waals surface area contributed by atoms with Gasteiger partial charge in [-0.15, -0.1) is 0 Å². The fourth-order valence-electron chi connectivity index (χ4n) is 1.03. The number of methoxy groups -OCH3 is 1. The summed E-state index contributed by atoms with van der Waals surface area (Å²) in [6, 6.07) is 0. The Kier molecular flexibility index (Phi) is 3.31. The molecule has 0 aromatic carbocycles. The van der Waals surface area contributed by atoms with Crippen LogP contribution in [0.1, 0.15) is 16.2 Å². The van der Waals surface area contributed by atoms with Crippen LogP contribution in [0.5, 0.6) is 0 Å². The van der Waals surface area contributed by atoms with Gasteiger partial charge >= 0.3 is 11.9 Å². The Morgan fingerprint density at radius 1 is 1.60 bits per heavy atom. The fourth-order valence-corrected chi connectivity index (χ4v) is 1.25. The molecule has 0 radical (unpaired) electrons. The molecule has 6 nitrogen and oxygen atoms in total. The number of aliphatic carboxylic acids is 1. The minimum Gasteiger partial charge on any atom is -0.480 e. The monoisotopic (exact) mass is 232 g/mol.